The first kappa shape index (κ1) is 13.5. The molecular weight excluding hydrogens is 260 g/mol. The minimum absolute atomic E-state index is 0.162. The third-order valence-corrected chi connectivity index (χ3v) is 2.88. The van der Waals surface area contributed by atoms with Gasteiger partial charge in [-0.25, -0.2) is 0 Å². The van der Waals surface area contributed by atoms with Crippen LogP contribution in [0.2, 0.25) is 0 Å². The van der Waals surface area contributed by atoms with Gasteiger partial charge in [0.1, 0.15) is 0 Å². The Balaban J connectivity index is 2.62. The van der Waals surface area contributed by atoms with Gasteiger partial charge in [-0.3, -0.25) is 14.9 Å². The SMILES string of the molecule is COc1ccc(-c2ccccc2C(N)=O)cc1[N+](=O)[O-]. The molecule has 0 saturated heterocycles. The smallest absolute Gasteiger partial charge is 0.311 e. The van der Waals surface area contributed by atoms with Crippen molar-refractivity contribution in [2.75, 3.05) is 7.11 Å². The van der Waals surface area contributed by atoms with Crippen LogP contribution in [-0.4, -0.2) is 17.9 Å². The van der Waals surface area contributed by atoms with Crippen LogP contribution in [0.1, 0.15) is 10.4 Å². The maximum absolute atomic E-state index is 11.4. The van der Waals surface area contributed by atoms with Gasteiger partial charge in [0.05, 0.1) is 12.0 Å². The summed E-state index contributed by atoms with van der Waals surface area (Å²) in [7, 11) is 1.36. The van der Waals surface area contributed by atoms with Crippen LogP contribution in [-0.2, 0) is 0 Å². The number of primary amides is 1. The van der Waals surface area contributed by atoms with Crippen LogP contribution in [0.4, 0.5) is 5.69 Å². The lowest BCUT2D eigenvalue weighted by atomic mass is 9.99. The van der Waals surface area contributed by atoms with Crippen LogP contribution < -0.4 is 10.5 Å². The first-order valence-corrected chi connectivity index (χ1v) is 5.76. The molecule has 0 spiro atoms. The normalized spacial score (nSPS) is 10.1. The first-order chi connectivity index (χ1) is 9.54. The third kappa shape index (κ3) is 2.44. The molecule has 0 atom stereocenters. The zero-order valence-corrected chi connectivity index (χ0v) is 10.7. The van der Waals surface area contributed by atoms with E-state index in [1.807, 2.05) is 0 Å². The van der Waals surface area contributed by atoms with Gasteiger partial charge >= 0.3 is 5.69 Å². The van der Waals surface area contributed by atoms with E-state index in [0.29, 0.717) is 16.7 Å². The number of methoxy groups -OCH3 is 1. The Morgan fingerprint density at radius 1 is 1.25 bits per heavy atom. The number of nitrogens with zero attached hydrogens (tertiary/aromatic N) is 1. The molecule has 2 aromatic rings. The van der Waals surface area contributed by atoms with Gasteiger partial charge in [-0.05, 0) is 23.3 Å². The van der Waals surface area contributed by atoms with Gasteiger partial charge in [-0.1, -0.05) is 24.3 Å². The fourth-order valence-electron chi connectivity index (χ4n) is 1.95. The Labute approximate surface area is 114 Å². The Bertz CT molecular complexity index is 683. The van der Waals surface area contributed by atoms with Crippen LogP contribution >= 0.6 is 0 Å². The molecule has 6 heteroatoms. The topological polar surface area (TPSA) is 95.5 Å². The molecule has 0 aliphatic rings. The van der Waals surface area contributed by atoms with Crippen molar-refractivity contribution >= 4 is 11.6 Å². The van der Waals surface area contributed by atoms with Crippen molar-refractivity contribution in [1.82, 2.24) is 0 Å². The van der Waals surface area contributed by atoms with Gasteiger partial charge in [0.2, 0.25) is 5.91 Å². The minimum atomic E-state index is -0.584. The molecule has 0 bridgehead atoms. The van der Waals surface area contributed by atoms with Crippen molar-refractivity contribution < 1.29 is 14.5 Å². The average molecular weight is 272 g/mol. The zero-order chi connectivity index (χ0) is 14.7. The van der Waals surface area contributed by atoms with Gasteiger partial charge < -0.3 is 10.5 Å². The lowest BCUT2D eigenvalue weighted by Gasteiger charge is -2.08. The molecule has 0 aliphatic carbocycles. The summed E-state index contributed by atoms with van der Waals surface area (Å²) >= 11 is 0. The number of ether oxygens (including phenoxy) is 1. The molecule has 0 radical (unpaired) electrons. The summed E-state index contributed by atoms with van der Waals surface area (Å²) < 4.78 is 4.94. The van der Waals surface area contributed by atoms with E-state index in [1.165, 1.54) is 19.2 Å². The van der Waals surface area contributed by atoms with E-state index in [9.17, 15) is 14.9 Å². The minimum Gasteiger partial charge on any atom is -0.490 e. The standard InChI is InChI=1S/C14H12N2O4/c1-20-13-7-6-9(8-12(13)16(18)19)10-4-2-3-5-11(10)14(15)17/h2-8H,1H3,(H2,15,17). The molecule has 20 heavy (non-hydrogen) atoms. The lowest BCUT2D eigenvalue weighted by Crippen LogP contribution is -2.12. The Morgan fingerprint density at radius 3 is 2.55 bits per heavy atom. The van der Waals surface area contributed by atoms with Crippen molar-refractivity contribution in [1.29, 1.82) is 0 Å². The molecule has 2 aromatic carbocycles. The highest BCUT2D eigenvalue weighted by Crippen LogP contribution is 2.33. The van der Waals surface area contributed by atoms with Gasteiger partial charge in [0, 0.05) is 11.6 Å². The van der Waals surface area contributed by atoms with Crippen molar-refractivity contribution in [2.24, 2.45) is 5.73 Å². The number of hydrogen-bond acceptors (Lipinski definition) is 4. The molecular formula is C14H12N2O4. The number of carbonyl (C=O) groups excluding carboxylic acids is 1. The molecule has 2 N–H and O–H groups in total. The van der Waals surface area contributed by atoms with E-state index in [0.717, 1.165) is 0 Å². The van der Waals surface area contributed by atoms with Crippen molar-refractivity contribution in [2.45, 2.75) is 0 Å². The largest absolute Gasteiger partial charge is 0.490 e. The number of carbonyl (C=O) groups is 1. The molecule has 6 nitrogen and oxygen atoms in total. The van der Waals surface area contributed by atoms with E-state index in [2.05, 4.69) is 0 Å². The number of benzene rings is 2. The molecule has 0 fully saturated rings. The van der Waals surface area contributed by atoms with Crippen LogP contribution in [0.25, 0.3) is 11.1 Å². The first-order valence-electron chi connectivity index (χ1n) is 5.76. The number of rotatable bonds is 4. The third-order valence-electron chi connectivity index (χ3n) is 2.88. The van der Waals surface area contributed by atoms with E-state index in [4.69, 9.17) is 10.5 Å². The lowest BCUT2D eigenvalue weighted by molar-refractivity contribution is -0.385. The Hall–Kier alpha value is -2.89. The van der Waals surface area contributed by atoms with Crippen LogP contribution in [0, 0.1) is 10.1 Å². The van der Waals surface area contributed by atoms with Gasteiger partial charge in [0.25, 0.3) is 0 Å². The molecule has 1 amide bonds. The van der Waals surface area contributed by atoms with Crippen molar-refractivity contribution in [3.63, 3.8) is 0 Å². The quantitative estimate of drug-likeness (QED) is 0.682. The van der Waals surface area contributed by atoms with E-state index < -0.39 is 10.8 Å². The summed E-state index contributed by atoms with van der Waals surface area (Å²) in [5.74, 6) is -0.422. The second kappa shape index (κ2) is 5.40. The Morgan fingerprint density at radius 2 is 1.95 bits per heavy atom. The van der Waals surface area contributed by atoms with Gasteiger partial charge in [-0.2, -0.15) is 0 Å². The molecule has 2 rings (SSSR count). The fourth-order valence-corrected chi connectivity index (χ4v) is 1.95. The predicted octanol–water partition coefficient (Wildman–Crippen LogP) is 2.37. The summed E-state index contributed by atoms with van der Waals surface area (Å²) in [6.45, 7) is 0. The summed E-state index contributed by atoms with van der Waals surface area (Å²) in [5.41, 5.74) is 6.54. The van der Waals surface area contributed by atoms with Crippen LogP contribution in [0.15, 0.2) is 42.5 Å². The maximum atomic E-state index is 11.4. The average Bonchev–Trinajstić information content (AvgIpc) is 2.46. The van der Waals surface area contributed by atoms with E-state index in [1.54, 1.807) is 30.3 Å². The molecule has 102 valence electrons. The molecule has 0 heterocycles. The maximum Gasteiger partial charge on any atom is 0.311 e. The number of amides is 1. The van der Waals surface area contributed by atoms with E-state index >= 15 is 0 Å². The fraction of sp³-hybridized carbons (Fsp3) is 0.0714. The zero-order valence-electron chi connectivity index (χ0n) is 10.7. The van der Waals surface area contributed by atoms with Crippen molar-refractivity contribution in [3.8, 4) is 16.9 Å². The predicted molar refractivity (Wildman–Crippen MR) is 73.6 cm³/mol. The highest BCUT2D eigenvalue weighted by atomic mass is 16.6. The molecule has 0 aliphatic heterocycles. The summed E-state index contributed by atoms with van der Waals surface area (Å²) in [6, 6.07) is 11.2. The highest BCUT2D eigenvalue weighted by Gasteiger charge is 2.17. The van der Waals surface area contributed by atoms with Gasteiger partial charge in [0.15, 0.2) is 5.75 Å². The van der Waals surface area contributed by atoms with Crippen LogP contribution in [0.3, 0.4) is 0 Å². The summed E-state index contributed by atoms with van der Waals surface area (Å²) in [5, 5.41) is 11.0. The number of nitrogens with two attached hydrogens (primary N) is 1. The number of nitro benzene ring substituents is 1. The summed E-state index contributed by atoms with van der Waals surface area (Å²) in [6.07, 6.45) is 0. The number of hydrogen-bond donors (Lipinski definition) is 1. The van der Waals surface area contributed by atoms with Crippen molar-refractivity contribution in [3.05, 3.63) is 58.1 Å². The second-order valence-corrected chi connectivity index (χ2v) is 4.05. The monoisotopic (exact) mass is 272 g/mol. The Kier molecular flexibility index (Phi) is 3.65. The van der Waals surface area contributed by atoms with Crippen LogP contribution in [0.5, 0.6) is 5.75 Å². The van der Waals surface area contributed by atoms with E-state index in [-0.39, 0.29) is 11.4 Å². The molecule has 0 aromatic heterocycles. The highest BCUT2D eigenvalue weighted by molar-refractivity contribution is 6.00. The molecule has 0 unspecified atom stereocenters. The number of nitro groups is 1. The summed E-state index contributed by atoms with van der Waals surface area (Å²) in [4.78, 5) is 21.9. The van der Waals surface area contributed by atoms with Gasteiger partial charge in [-0.15, -0.1) is 0 Å². The second-order valence-electron chi connectivity index (χ2n) is 4.05. The molecule has 0 saturated carbocycles.